The van der Waals surface area contributed by atoms with Crippen LogP contribution in [0.25, 0.3) is 0 Å². The standard InChI is InChI=1S/C12H10BrIN2OS/c1-7-11(18-6-16-7)5-15-12(17)9-4-8(14)2-3-10(9)13/h2-4,6H,5H2,1H3,(H,15,17). The predicted molar refractivity (Wildman–Crippen MR) is 84.9 cm³/mol. The van der Waals surface area contributed by atoms with E-state index in [0.717, 1.165) is 18.6 Å². The Kier molecular flexibility index (Phi) is 4.74. The summed E-state index contributed by atoms with van der Waals surface area (Å²) in [5.74, 6) is -0.0757. The molecule has 0 aliphatic heterocycles. The zero-order valence-corrected chi connectivity index (χ0v) is 14.1. The number of nitrogens with one attached hydrogen (secondary N) is 1. The van der Waals surface area contributed by atoms with Gasteiger partial charge in [-0.2, -0.15) is 0 Å². The SMILES string of the molecule is Cc1ncsc1CNC(=O)c1cc(I)ccc1Br. The summed E-state index contributed by atoms with van der Waals surface area (Å²) in [4.78, 5) is 17.3. The summed E-state index contributed by atoms with van der Waals surface area (Å²) in [5, 5.41) is 2.91. The first-order valence-electron chi connectivity index (χ1n) is 5.20. The van der Waals surface area contributed by atoms with Crippen LogP contribution in [0, 0.1) is 10.5 Å². The molecule has 0 atom stereocenters. The van der Waals surface area contributed by atoms with Gasteiger partial charge in [0.15, 0.2) is 0 Å². The second kappa shape index (κ2) is 6.12. The van der Waals surface area contributed by atoms with Gasteiger partial charge in [0.05, 0.1) is 23.3 Å². The Labute approximate surface area is 131 Å². The van der Waals surface area contributed by atoms with Crippen molar-refractivity contribution in [1.82, 2.24) is 10.3 Å². The smallest absolute Gasteiger partial charge is 0.252 e. The topological polar surface area (TPSA) is 42.0 Å². The van der Waals surface area contributed by atoms with Gasteiger partial charge in [-0.25, -0.2) is 4.98 Å². The number of thiazole rings is 1. The third-order valence-corrected chi connectivity index (χ3v) is 4.72. The number of hydrogen-bond donors (Lipinski definition) is 1. The second-order valence-electron chi connectivity index (χ2n) is 3.67. The molecule has 0 bridgehead atoms. The van der Waals surface area contributed by atoms with Gasteiger partial charge >= 0.3 is 0 Å². The first-order chi connectivity index (χ1) is 8.58. The number of carbonyl (C=O) groups is 1. The van der Waals surface area contributed by atoms with Gasteiger partial charge in [0.1, 0.15) is 0 Å². The largest absolute Gasteiger partial charge is 0.347 e. The molecule has 2 aromatic rings. The van der Waals surface area contributed by atoms with E-state index in [1.807, 2.05) is 25.1 Å². The highest BCUT2D eigenvalue weighted by molar-refractivity contribution is 14.1. The van der Waals surface area contributed by atoms with Gasteiger partial charge in [-0.3, -0.25) is 4.79 Å². The first-order valence-corrected chi connectivity index (χ1v) is 7.95. The second-order valence-corrected chi connectivity index (χ2v) is 6.71. The van der Waals surface area contributed by atoms with Crippen LogP contribution in [0.15, 0.2) is 28.2 Å². The maximum atomic E-state index is 12.1. The molecule has 0 aliphatic carbocycles. The number of aryl methyl sites for hydroxylation is 1. The van der Waals surface area contributed by atoms with Crippen LogP contribution in [0.5, 0.6) is 0 Å². The maximum Gasteiger partial charge on any atom is 0.252 e. The number of aromatic nitrogens is 1. The Hall–Kier alpha value is -0.470. The summed E-state index contributed by atoms with van der Waals surface area (Å²) in [5.41, 5.74) is 3.42. The minimum absolute atomic E-state index is 0.0757. The minimum Gasteiger partial charge on any atom is -0.347 e. The molecule has 0 saturated heterocycles. The van der Waals surface area contributed by atoms with Gasteiger partial charge in [-0.15, -0.1) is 11.3 Å². The Bertz CT molecular complexity index is 585. The van der Waals surface area contributed by atoms with Crippen molar-refractivity contribution in [3.05, 3.63) is 47.9 Å². The van der Waals surface area contributed by atoms with E-state index in [4.69, 9.17) is 0 Å². The first kappa shape index (κ1) is 14.0. The zero-order valence-electron chi connectivity index (χ0n) is 9.54. The summed E-state index contributed by atoms with van der Waals surface area (Å²) < 4.78 is 1.84. The van der Waals surface area contributed by atoms with Gasteiger partial charge < -0.3 is 5.32 Å². The number of nitrogens with zero attached hydrogens (tertiary/aromatic N) is 1. The molecule has 1 N–H and O–H groups in total. The summed E-state index contributed by atoms with van der Waals surface area (Å²) in [6, 6.07) is 5.70. The van der Waals surface area contributed by atoms with Crippen molar-refractivity contribution in [3.8, 4) is 0 Å². The number of hydrogen-bond acceptors (Lipinski definition) is 3. The Morgan fingerprint density at radius 1 is 1.56 bits per heavy atom. The molecule has 2 rings (SSSR count). The molecule has 18 heavy (non-hydrogen) atoms. The van der Waals surface area contributed by atoms with E-state index in [2.05, 4.69) is 48.8 Å². The Morgan fingerprint density at radius 2 is 2.33 bits per heavy atom. The zero-order chi connectivity index (χ0) is 13.1. The molecule has 0 aliphatic rings. The quantitative estimate of drug-likeness (QED) is 0.744. The summed E-state index contributed by atoms with van der Waals surface area (Å²) >= 11 is 7.14. The Balaban J connectivity index is 2.08. The van der Waals surface area contributed by atoms with Gasteiger partial charge in [0.25, 0.3) is 5.91 Å². The maximum absolute atomic E-state index is 12.1. The van der Waals surface area contributed by atoms with Crippen LogP contribution in [0.2, 0.25) is 0 Å². The van der Waals surface area contributed by atoms with Crippen molar-refractivity contribution in [2.24, 2.45) is 0 Å². The van der Waals surface area contributed by atoms with Crippen molar-refractivity contribution >= 4 is 55.8 Å². The summed E-state index contributed by atoms with van der Waals surface area (Å²) in [6.07, 6.45) is 0. The highest BCUT2D eigenvalue weighted by Gasteiger charge is 2.11. The third kappa shape index (κ3) is 3.30. The Morgan fingerprint density at radius 3 is 3.00 bits per heavy atom. The molecule has 0 unspecified atom stereocenters. The van der Waals surface area contributed by atoms with Gasteiger partial charge in [-0.05, 0) is 63.6 Å². The number of amides is 1. The fourth-order valence-corrected chi connectivity index (χ4v) is 3.06. The molecule has 3 nitrogen and oxygen atoms in total. The lowest BCUT2D eigenvalue weighted by Gasteiger charge is -2.06. The van der Waals surface area contributed by atoms with Crippen LogP contribution in [-0.4, -0.2) is 10.9 Å². The highest BCUT2D eigenvalue weighted by atomic mass is 127. The van der Waals surface area contributed by atoms with Crippen LogP contribution in [0.3, 0.4) is 0 Å². The van der Waals surface area contributed by atoms with Crippen molar-refractivity contribution < 1.29 is 4.79 Å². The molecular weight excluding hydrogens is 427 g/mol. The lowest BCUT2D eigenvalue weighted by molar-refractivity contribution is 0.0950. The number of benzene rings is 1. The minimum atomic E-state index is -0.0757. The van der Waals surface area contributed by atoms with Crippen LogP contribution >= 0.6 is 49.9 Å². The third-order valence-electron chi connectivity index (χ3n) is 2.43. The number of halogens is 2. The van der Waals surface area contributed by atoms with Crippen molar-refractivity contribution in [2.75, 3.05) is 0 Å². The molecule has 0 fully saturated rings. The van der Waals surface area contributed by atoms with Gasteiger partial charge in [0, 0.05) is 12.9 Å². The predicted octanol–water partition coefficient (Wildman–Crippen LogP) is 3.75. The molecule has 0 radical (unpaired) electrons. The average Bonchev–Trinajstić information content (AvgIpc) is 2.75. The van der Waals surface area contributed by atoms with Crippen molar-refractivity contribution in [1.29, 1.82) is 0 Å². The molecule has 1 amide bonds. The molecule has 1 aromatic heterocycles. The molecule has 0 spiro atoms. The monoisotopic (exact) mass is 436 g/mol. The molecule has 6 heteroatoms. The lowest BCUT2D eigenvalue weighted by Crippen LogP contribution is -2.23. The van der Waals surface area contributed by atoms with Crippen LogP contribution in [-0.2, 0) is 6.54 Å². The van der Waals surface area contributed by atoms with Crippen LogP contribution in [0.4, 0.5) is 0 Å². The van der Waals surface area contributed by atoms with E-state index in [1.54, 1.807) is 16.8 Å². The molecule has 1 heterocycles. The summed E-state index contributed by atoms with van der Waals surface area (Å²) in [7, 11) is 0. The van der Waals surface area contributed by atoms with E-state index in [1.165, 1.54) is 0 Å². The van der Waals surface area contributed by atoms with Crippen molar-refractivity contribution in [2.45, 2.75) is 13.5 Å². The van der Waals surface area contributed by atoms with E-state index < -0.39 is 0 Å². The highest BCUT2D eigenvalue weighted by Crippen LogP contribution is 2.20. The summed E-state index contributed by atoms with van der Waals surface area (Å²) in [6.45, 7) is 2.46. The molecule has 94 valence electrons. The normalized spacial score (nSPS) is 10.4. The average molecular weight is 437 g/mol. The molecule has 1 aromatic carbocycles. The molecule has 0 saturated carbocycles. The van der Waals surface area contributed by atoms with E-state index in [-0.39, 0.29) is 5.91 Å². The number of rotatable bonds is 3. The van der Waals surface area contributed by atoms with Gasteiger partial charge in [0.2, 0.25) is 0 Å². The van der Waals surface area contributed by atoms with E-state index >= 15 is 0 Å². The van der Waals surface area contributed by atoms with E-state index in [9.17, 15) is 4.79 Å². The fourth-order valence-electron chi connectivity index (χ4n) is 1.42. The van der Waals surface area contributed by atoms with Gasteiger partial charge in [-0.1, -0.05) is 0 Å². The fraction of sp³-hybridized carbons (Fsp3) is 0.167. The van der Waals surface area contributed by atoms with Crippen LogP contribution in [0.1, 0.15) is 20.9 Å². The lowest BCUT2D eigenvalue weighted by atomic mass is 10.2. The van der Waals surface area contributed by atoms with Crippen LogP contribution < -0.4 is 5.32 Å². The van der Waals surface area contributed by atoms with Crippen molar-refractivity contribution in [3.63, 3.8) is 0 Å². The number of carbonyl (C=O) groups excluding carboxylic acids is 1. The van der Waals surface area contributed by atoms with E-state index in [0.29, 0.717) is 12.1 Å². The molecular formula is C12H10BrIN2OS.